The molecule has 3 rings (SSSR count). The van der Waals surface area contributed by atoms with Gasteiger partial charge in [-0.1, -0.05) is 36.4 Å². The molecule has 1 aromatic heterocycles. The predicted molar refractivity (Wildman–Crippen MR) is 74.4 cm³/mol. The highest BCUT2D eigenvalue weighted by molar-refractivity contribution is 7.98. The molecule has 0 bridgehead atoms. The number of fused-ring (bicyclic) bond motifs is 1. The number of aryl methyl sites for hydroxylation is 1. The zero-order valence-corrected chi connectivity index (χ0v) is 10.4. The second-order valence-corrected chi connectivity index (χ2v) is 5.06. The number of aromatic nitrogens is 1. The Morgan fingerprint density at radius 1 is 0.882 bits per heavy atom. The number of benzene rings is 2. The van der Waals surface area contributed by atoms with Crippen LogP contribution in [0.3, 0.4) is 0 Å². The average molecular weight is 239 g/mol. The molecule has 1 heterocycles. The molecule has 0 aliphatic carbocycles. The molecule has 0 aliphatic rings. The van der Waals surface area contributed by atoms with Gasteiger partial charge in [-0.15, -0.1) is 0 Å². The zero-order valence-electron chi connectivity index (χ0n) is 9.63. The molecule has 2 aromatic carbocycles. The molecule has 0 N–H and O–H groups in total. The smallest absolute Gasteiger partial charge is 0.0597 e. The van der Waals surface area contributed by atoms with Gasteiger partial charge in [0.15, 0.2) is 0 Å². The van der Waals surface area contributed by atoms with Crippen LogP contribution in [0.15, 0.2) is 65.6 Å². The van der Waals surface area contributed by atoms with Gasteiger partial charge < -0.3 is 0 Å². The lowest BCUT2D eigenvalue weighted by Crippen LogP contribution is -1.88. The van der Waals surface area contributed by atoms with Gasteiger partial charge in [-0.3, -0.25) is 3.97 Å². The van der Waals surface area contributed by atoms with Crippen molar-refractivity contribution in [2.45, 2.75) is 11.8 Å². The third-order valence-electron chi connectivity index (χ3n) is 2.78. The van der Waals surface area contributed by atoms with Crippen LogP contribution >= 0.6 is 11.9 Å². The minimum absolute atomic E-state index is 1.26. The van der Waals surface area contributed by atoms with E-state index in [-0.39, 0.29) is 0 Å². The molecule has 84 valence electrons. The first-order valence-corrected chi connectivity index (χ1v) is 6.42. The lowest BCUT2D eigenvalue weighted by atomic mass is 10.2. The van der Waals surface area contributed by atoms with Gasteiger partial charge >= 0.3 is 0 Å². The molecular formula is C15H13NS. The quantitative estimate of drug-likeness (QED) is 0.637. The summed E-state index contributed by atoms with van der Waals surface area (Å²) in [6.45, 7) is 2.15. The maximum absolute atomic E-state index is 2.28. The van der Waals surface area contributed by atoms with E-state index in [4.69, 9.17) is 0 Å². The summed E-state index contributed by atoms with van der Waals surface area (Å²) < 4.78 is 2.28. The van der Waals surface area contributed by atoms with Gasteiger partial charge in [0.2, 0.25) is 0 Å². The largest absolute Gasteiger partial charge is 0.284 e. The maximum Gasteiger partial charge on any atom is 0.0597 e. The van der Waals surface area contributed by atoms with Crippen molar-refractivity contribution in [1.82, 2.24) is 3.97 Å². The highest BCUT2D eigenvalue weighted by Gasteiger charge is 2.05. The highest BCUT2D eigenvalue weighted by atomic mass is 32.2. The van der Waals surface area contributed by atoms with Gasteiger partial charge in [0, 0.05) is 16.0 Å². The van der Waals surface area contributed by atoms with Crippen LogP contribution in [0.1, 0.15) is 5.69 Å². The molecule has 0 saturated heterocycles. The monoisotopic (exact) mass is 239 g/mol. The number of rotatable bonds is 2. The maximum atomic E-state index is 2.28. The SMILES string of the molecule is Cc1cc2ccccc2n1Sc1ccccc1. The molecule has 0 fully saturated rings. The Kier molecular flexibility index (Phi) is 2.65. The summed E-state index contributed by atoms with van der Waals surface area (Å²) >= 11 is 1.77. The molecule has 0 radical (unpaired) electrons. The number of nitrogens with zero attached hydrogens (tertiary/aromatic N) is 1. The summed E-state index contributed by atoms with van der Waals surface area (Å²) in [4.78, 5) is 1.26. The number of hydrogen-bond donors (Lipinski definition) is 0. The molecule has 0 amide bonds. The molecule has 0 aliphatic heterocycles. The molecular weight excluding hydrogens is 226 g/mol. The van der Waals surface area contributed by atoms with E-state index in [1.807, 2.05) is 6.07 Å². The van der Waals surface area contributed by atoms with Gasteiger partial charge in [0.25, 0.3) is 0 Å². The summed E-state index contributed by atoms with van der Waals surface area (Å²) in [6, 6.07) is 21.2. The lowest BCUT2D eigenvalue weighted by molar-refractivity contribution is 1.20. The summed E-state index contributed by atoms with van der Waals surface area (Å²) in [5, 5.41) is 1.30. The molecule has 0 atom stereocenters. The summed E-state index contributed by atoms with van der Waals surface area (Å²) in [6.07, 6.45) is 0. The van der Waals surface area contributed by atoms with E-state index in [2.05, 4.69) is 65.5 Å². The molecule has 0 spiro atoms. The Hall–Kier alpha value is -1.67. The lowest BCUT2D eigenvalue weighted by Gasteiger charge is -2.06. The molecule has 0 unspecified atom stereocenters. The van der Waals surface area contributed by atoms with Crippen LogP contribution in [0, 0.1) is 6.92 Å². The van der Waals surface area contributed by atoms with Crippen molar-refractivity contribution in [1.29, 1.82) is 0 Å². The first kappa shape index (κ1) is 10.5. The minimum atomic E-state index is 1.26. The molecule has 2 heteroatoms. The van der Waals surface area contributed by atoms with Crippen LogP contribution in [-0.2, 0) is 0 Å². The van der Waals surface area contributed by atoms with Crippen molar-refractivity contribution in [3.8, 4) is 0 Å². The summed E-state index contributed by atoms with van der Waals surface area (Å²) in [5.74, 6) is 0. The minimum Gasteiger partial charge on any atom is -0.284 e. The van der Waals surface area contributed by atoms with Gasteiger partial charge in [-0.2, -0.15) is 0 Å². The van der Waals surface area contributed by atoms with Crippen LogP contribution in [0.2, 0.25) is 0 Å². The van der Waals surface area contributed by atoms with Gasteiger partial charge in [-0.05, 0) is 43.1 Å². The first-order chi connectivity index (χ1) is 8.34. The van der Waals surface area contributed by atoms with E-state index in [1.165, 1.54) is 21.5 Å². The van der Waals surface area contributed by atoms with Crippen LogP contribution in [0.25, 0.3) is 10.9 Å². The fourth-order valence-corrected chi connectivity index (χ4v) is 2.93. The van der Waals surface area contributed by atoms with Crippen LogP contribution in [-0.4, -0.2) is 3.97 Å². The normalized spacial score (nSPS) is 10.9. The standard InChI is InChI=1S/C15H13NS/c1-12-11-13-7-5-6-10-15(13)16(12)17-14-8-3-2-4-9-14/h2-11H,1H3. The van der Waals surface area contributed by atoms with Crippen LogP contribution < -0.4 is 0 Å². The highest BCUT2D eigenvalue weighted by Crippen LogP contribution is 2.28. The second kappa shape index (κ2) is 4.30. The summed E-state index contributed by atoms with van der Waals surface area (Å²) in [7, 11) is 0. The van der Waals surface area contributed by atoms with Crippen molar-refractivity contribution in [3.05, 3.63) is 66.4 Å². The van der Waals surface area contributed by atoms with Crippen LogP contribution in [0.5, 0.6) is 0 Å². The molecule has 17 heavy (non-hydrogen) atoms. The van der Waals surface area contributed by atoms with E-state index in [9.17, 15) is 0 Å². The zero-order chi connectivity index (χ0) is 11.7. The van der Waals surface area contributed by atoms with Crippen molar-refractivity contribution >= 4 is 22.9 Å². The van der Waals surface area contributed by atoms with Gasteiger partial charge in [0.1, 0.15) is 0 Å². The van der Waals surface area contributed by atoms with E-state index in [0.29, 0.717) is 0 Å². The van der Waals surface area contributed by atoms with Crippen molar-refractivity contribution < 1.29 is 0 Å². The summed E-state index contributed by atoms with van der Waals surface area (Å²) in [5.41, 5.74) is 2.55. The fraction of sp³-hybridized carbons (Fsp3) is 0.0667. The van der Waals surface area contributed by atoms with Crippen LogP contribution in [0.4, 0.5) is 0 Å². The Morgan fingerprint density at radius 3 is 2.41 bits per heavy atom. The third-order valence-corrected chi connectivity index (χ3v) is 3.93. The first-order valence-electron chi connectivity index (χ1n) is 5.65. The Labute approximate surface area is 105 Å². The van der Waals surface area contributed by atoms with E-state index < -0.39 is 0 Å². The average Bonchev–Trinajstić information content (AvgIpc) is 2.68. The Bertz CT molecular complexity index is 640. The van der Waals surface area contributed by atoms with E-state index in [1.54, 1.807) is 11.9 Å². The third kappa shape index (κ3) is 1.96. The molecule has 1 nitrogen and oxygen atoms in total. The fourth-order valence-electron chi connectivity index (χ4n) is 1.98. The number of hydrogen-bond acceptors (Lipinski definition) is 1. The molecule has 0 saturated carbocycles. The van der Waals surface area contributed by atoms with E-state index in [0.717, 1.165) is 0 Å². The predicted octanol–water partition coefficient (Wildman–Crippen LogP) is 4.51. The van der Waals surface area contributed by atoms with Crippen molar-refractivity contribution in [3.63, 3.8) is 0 Å². The Morgan fingerprint density at radius 2 is 1.59 bits per heavy atom. The van der Waals surface area contributed by atoms with Gasteiger partial charge in [-0.25, -0.2) is 0 Å². The Balaban J connectivity index is 2.08. The van der Waals surface area contributed by atoms with Crippen molar-refractivity contribution in [2.75, 3.05) is 0 Å². The van der Waals surface area contributed by atoms with Crippen molar-refractivity contribution in [2.24, 2.45) is 0 Å². The van der Waals surface area contributed by atoms with E-state index >= 15 is 0 Å². The molecule has 3 aromatic rings. The second-order valence-electron chi connectivity index (χ2n) is 4.04. The number of para-hydroxylation sites is 1. The van der Waals surface area contributed by atoms with Gasteiger partial charge in [0.05, 0.1) is 5.52 Å². The topological polar surface area (TPSA) is 4.93 Å².